The lowest BCUT2D eigenvalue weighted by Gasteiger charge is -2.28. The van der Waals surface area contributed by atoms with E-state index in [1.165, 1.54) is 10.7 Å². The van der Waals surface area contributed by atoms with E-state index >= 15 is 0 Å². The van der Waals surface area contributed by atoms with Crippen molar-refractivity contribution in [1.29, 1.82) is 0 Å². The van der Waals surface area contributed by atoms with Gasteiger partial charge in [0.25, 0.3) is 11.1 Å². The van der Waals surface area contributed by atoms with Gasteiger partial charge >= 0.3 is 0 Å². The van der Waals surface area contributed by atoms with Gasteiger partial charge in [0.15, 0.2) is 0 Å². The van der Waals surface area contributed by atoms with Gasteiger partial charge in [0, 0.05) is 24.5 Å². The van der Waals surface area contributed by atoms with Gasteiger partial charge in [-0.2, -0.15) is 5.10 Å². The van der Waals surface area contributed by atoms with Crippen LogP contribution >= 0.6 is 0 Å². The molecule has 0 bridgehead atoms. The quantitative estimate of drug-likeness (QED) is 0.635. The van der Waals surface area contributed by atoms with Gasteiger partial charge in [0.1, 0.15) is 0 Å². The molecule has 29 heavy (non-hydrogen) atoms. The van der Waals surface area contributed by atoms with Crippen molar-refractivity contribution in [3.63, 3.8) is 0 Å². The van der Waals surface area contributed by atoms with Crippen molar-refractivity contribution in [3.05, 3.63) is 62.9 Å². The Bertz CT molecular complexity index is 1120. The van der Waals surface area contributed by atoms with E-state index in [1.54, 1.807) is 12.3 Å². The molecule has 8 heteroatoms. The molecule has 1 unspecified atom stereocenters. The van der Waals surface area contributed by atoms with Crippen LogP contribution < -0.4 is 16.4 Å². The summed E-state index contributed by atoms with van der Waals surface area (Å²) in [6.45, 7) is 7.62. The average Bonchev–Trinajstić information content (AvgIpc) is 2.65. The number of hydrogen-bond acceptors (Lipinski definition) is 6. The highest BCUT2D eigenvalue weighted by molar-refractivity contribution is 5.80. The number of aromatic amines is 1. The minimum atomic E-state index is -0.482. The summed E-state index contributed by atoms with van der Waals surface area (Å²) in [6.07, 6.45) is 1.66. The number of anilines is 1. The Labute approximate surface area is 169 Å². The fraction of sp³-hybridized carbons (Fsp3) is 0.429. The summed E-state index contributed by atoms with van der Waals surface area (Å²) in [5, 5.41) is 8.88. The molecule has 1 atom stereocenters. The molecule has 3 rings (SSSR count). The molecule has 0 aliphatic carbocycles. The number of hydrogen-bond donors (Lipinski definition) is 2. The van der Waals surface area contributed by atoms with E-state index in [1.807, 2.05) is 39.2 Å². The molecule has 2 heterocycles. The van der Waals surface area contributed by atoms with Gasteiger partial charge in [-0.3, -0.25) is 14.6 Å². The van der Waals surface area contributed by atoms with E-state index in [0.29, 0.717) is 23.6 Å². The average molecular weight is 396 g/mol. The van der Waals surface area contributed by atoms with Crippen molar-refractivity contribution < 1.29 is 0 Å². The first-order chi connectivity index (χ1) is 13.7. The molecular weight excluding hydrogens is 368 g/mol. The topological polar surface area (TPSA) is 95.9 Å². The second-order valence-electron chi connectivity index (χ2n) is 8.43. The van der Waals surface area contributed by atoms with Crippen LogP contribution in [0.4, 0.5) is 5.95 Å². The van der Waals surface area contributed by atoms with Gasteiger partial charge in [-0.25, -0.2) is 9.67 Å². The number of aromatic nitrogens is 4. The molecule has 2 N–H and O–H groups in total. The summed E-state index contributed by atoms with van der Waals surface area (Å²) < 4.78 is 1.36. The van der Waals surface area contributed by atoms with Crippen LogP contribution in [-0.2, 0) is 0 Å². The van der Waals surface area contributed by atoms with Crippen LogP contribution in [0.1, 0.15) is 32.5 Å². The van der Waals surface area contributed by atoms with Crippen molar-refractivity contribution in [2.75, 3.05) is 32.5 Å². The number of fused-ring (bicyclic) bond motifs is 1. The first kappa shape index (κ1) is 20.7. The maximum Gasteiger partial charge on any atom is 0.275 e. The Hall–Kier alpha value is -3.00. The molecular formula is C21H28N6O2. The highest BCUT2D eigenvalue weighted by Crippen LogP contribution is 2.18. The number of benzene rings is 1. The molecule has 0 fully saturated rings. The van der Waals surface area contributed by atoms with E-state index in [2.05, 4.69) is 39.1 Å². The predicted octanol–water partition coefficient (Wildman–Crippen LogP) is 2.09. The molecule has 154 valence electrons. The van der Waals surface area contributed by atoms with Crippen molar-refractivity contribution >= 4 is 16.7 Å². The first-order valence-corrected chi connectivity index (χ1v) is 9.63. The maximum absolute atomic E-state index is 12.8. The molecule has 8 nitrogen and oxygen atoms in total. The van der Waals surface area contributed by atoms with Crippen LogP contribution in [0.5, 0.6) is 0 Å². The summed E-state index contributed by atoms with van der Waals surface area (Å²) in [5.41, 5.74) is -0.0185. The van der Waals surface area contributed by atoms with Crippen LogP contribution in [0.2, 0.25) is 0 Å². The minimum absolute atomic E-state index is 0.0134. The summed E-state index contributed by atoms with van der Waals surface area (Å²) in [7, 11) is 4.05. The summed E-state index contributed by atoms with van der Waals surface area (Å²) in [4.78, 5) is 34.4. The highest BCUT2D eigenvalue weighted by atomic mass is 16.1. The van der Waals surface area contributed by atoms with Crippen LogP contribution in [0.25, 0.3) is 10.8 Å². The zero-order chi connectivity index (χ0) is 21.2. The monoisotopic (exact) mass is 396 g/mol. The third-order valence-corrected chi connectivity index (χ3v) is 4.76. The molecule has 0 spiro atoms. The van der Waals surface area contributed by atoms with Gasteiger partial charge in [-0.05, 0) is 32.5 Å². The summed E-state index contributed by atoms with van der Waals surface area (Å²) in [6, 6.07) is 8.23. The third-order valence-electron chi connectivity index (χ3n) is 4.76. The van der Waals surface area contributed by atoms with E-state index in [0.717, 1.165) is 11.9 Å². The summed E-state index contributed by atoms with van der Waals surface area (Å²) in [5.74, 6) is 0.389. The van der Waals surface area contributed by atoms with Gasteiger partial charge in [0.2, 0.25) is 5.95 Å². The zero-order valence-electron chi connectivity index (χ0n) is 17.6. The molecule has 0 amide bonds. The molecule has 0 saturated heterocycles. The normalized spacial score (nSPS) is 13.0. The van der Waals surface area contributed by atoms with Crippen molar-refractivity contribution in [3.8, 4) is 0 Å². The lowest BCUT2D eigenvalue weighted by atomic mass is 9.93. The molecule has 1 aromatic carbocycles. The Morgan fingerprint density at radius 1 is 1.24 bits per heavy atom. The lowest BCUT2D eigenvalue weighted by molar-refractivity contribution is 0.254. The lowest BCUT2D eigenvalue weighted by Crippen LogP contribution is -2.35. The summed E-state index contributed by atoms with van der Waals surface area (Å²) >= 11 is 0. The van der Waals surface area contributed by atoms with E-state index in [9.17, 15) is 9.59 Å². The SMILES string of the molecule is CC(c1cc(=O)[nH]c(NCC(C)(C)CN(C)C)n1)n1ncc2ccccc2c1=O. The molecule has 0 aliphatic rings. The largest absolute Gasteiger partial charge is 0.355 e. The smallest absolute Gasteiger partial charge is 0.275 e. The Balaban J connectivity index is 1.89. The van der Waals surface area contributed by atoms with Crippen molar-refractivity contribution in [2.45, 2.75) is 26.8 Å². The second-order valence-corrected chi connectivity index (χ2v) is 8.43. The molecule has 3 aromatic rings. The zero-order valence-corrected chi connectivity index (χ0v) is 17.6. The molecule has 0 aliphatic heterocycles. The van der Waals surface area contributed by atoms with Gasteiger partial charge in [-0.15, -0.1) is 0 Å². The third kappa shape index (κ3) is 4.89. The molecule has 0 saturated carbocycles. The second kappa shape index (κ2) is 8.16. The van der Waals surface area contributed by atoms with Crippen LogP contribution in [0, 0.1) is 5.41 Å². The van der Waals surface area contributed by atoms with Gasteiger partial charge in [0.05, 0.1) is 23.3 Å². The van der Waals surface area contributed by atoms with Crippen molar-refractivity contribution in [1.82, 2.24) is 24.6 Å². The minimum Gasteiger partial charge on any atom is -0.355 e. The number of nitrogens with zero attached hydrogens (tertiary/aromatic N) is 4. The highest BCUT2D eigenvalue weighted by Gasteiger charge is 2.20. The number of H-pyrrole nitrogens is 1. The standard InChI is InChI=1S/C21H28N6O2/c1-14(27-19(29)16-9-7-6-8-15(16)11-23-27)17-10-18(28)25-20(24-17)22-12-21(2,3)13-26(4)5/h6-11,14H,12-13H2,1-5H3,(H2,22,24,25,28). The van der Waals surface area contributed by atoms with E-state index in [-0.39, 0.29) is 16.5 Å². The van der Waals surface area contributed by atoms with Gasteiger partial charge in [-0.1, -0.05) is 32.0 Å². The van der Waals surface area contributed by atoms with E-state index in [4.69, 9.17) is 0 Å². The Kier molecular flexibility index (Phi) is 5.83. The Morgan fingerprint density at radius 3 is 2.69 bits per heavy atom. The fourth-order valence-electron chi connectivity index (χ4n) is 3.51. The Morgan fingerprint density at radius 2 is 1.97 bits per heavy atom. The molecule has 0 radical (unpaired) electrons. The molecule has 2 aromatic heterocycles. The number of rotatable bonds is 7. The van der Waals surface area contributed by atoms with E-state index < -0.39 is 6.04 Å². The van der Waals surface area contributed by atoms with Crippen LogP contribution in [0.3, 0.4) is 0 Å². The predicted molar refractivity (Wildman–Crippen MR) is 115 cm³/mol. The number of nitrogens with one attached hydrogen (secondary N) is 2. The maximum atomic E-state index is 12.8. The van der Waals surface area contributed by atoms with Crippen molar-refractivity contribution in [2.24, 2.45) is 5.41 Å². The van der Waals surface area contributed by atoms with Gasteiger partial charge < -0.3 is 10.2 Å². The first-order valence-electron chi connectivity index (χ1n) is 9.63. The fourth-order valence-corrected chi connectivity index (χ4v) is 3.51. The van der Waals surface area contributed by atoms with Crippen LogP contribution in [0.15, 0.2) is 46.1 Å². The van der Waals surface area contributed by atoms with Crippen LogP contribution in [-0.4, -0.2) is 51.8 Å².